The van der Waals surface area contributed by atoms with Crippen LogP contribution < -0.4 is 4.74 Å². The van der Waals surface area contributed by atoms with Crippen LogP contribution in [0.4, 0.5) is 4.39 Å². The third-order valence-corrected chi connectivity index (χ3v) is 2.16. The second-order valence-electron chi connectivity index (χ2n) is 3.53. The van der Waals surface area contributed by atoms with Gasteiger partial charge in [-0.15, -0.1) is 0 Å². The van der Waals surface area contributed by atoms with E-state index in [4.69, 9.17) is 4.74 Å². The Hall–Kier alpha value is -1.62. The molecule has 0 saturated heterocycles. The van der Waals surface area contributed by atoms with Crippen LogP contribution in [0.3, 0.4) is 0 Å². The molecule has 0 aromatic heterocycles. The van der Waals surface area contributed by atoms with Crippen molar-refractivity contribution in [2.45, 2.75) is 18.9 Å². The summed E-state index contributed by atoms with van der Waals surface area (Å²) in [6, 6.07) is 5.59. The topological polar surface area (TPSA) is 55.8 Å². The van der Waals surface area contributed by atoms with Crippen molar-refractivity contribution in [3.63, 3.8) is 0 Å². The molecule has 94 valence electrons. The predicted molar refractivity (Wildman–Crippen MR) is 59.2 cm³/mol. The molecule has 0 aliphatic carbocycles. The normalized spacial score (nSPS) is 11.9. The van der Waals surface area contributed by atoms with Crippen molar-refractivity contribution < 1.29 is 23.8 Å². The molecule has 0 radical (unpaired) electrons. The lowest BCUT2D eigenvalue weighted by Gasteiger charge is -2.10. The predicted octanol–water partition coefficient (Wildman–Crippen LogP) is 1.52. The zero-order chi connectivity index (χ0) is 12.7. The van der Waals surface area contributed by atoms with Crippen molar-refractivity contribution in [3.8, 4) is 5.75 Å². The third kappa shape index (κ3) is 5.31. The first-order valence-electron chi connectivity index (χ1n) is 5.25. The molecule has 17 heavy (non-hydrogen) atoms. The van der Waals surface area contributed by atoms with Crippen LogP contribution >= 0.6 is 0 Å². The van der Waals surface area contributed by atoms with Crippen molar-refractivity contribution in [2.75, 3.05) is 13.7 Å². The summed E-state index contributed by atoms with van der Waals surface area (Å²) in [5, 5.41) is 9.43. The van der Waals surface area contributed by atoms with Crippen molar-refractivity contribution >= 4 is 5.97 Å². The monoisotopic (exact) mass is 242 g/mol. The summed E-state index contributed by atoms with van der Waals surface area (Å²) in [6.07, 6.45) is -0.529. The molecule has 0 bridgehead atoms. The van der Waals surface area contributed by atoms with Crippen LogP contribution in [-0.4, -0.2) is 30.9 Å². The average Bonchev–Trinajstić information content (AvgIpc) is 2.31. The number of esters is 1. The van der Waals surface area contributed by atoms with Gasteiger partial charge in [0, 0.05) is 6.42 Å². The van der Waals surface area contributed by atoms with Gasteiger partial charge in [-0.05, 0) is 24.3 Å². The summed E-state index contributed by atoms with van der Waals surface area (Å²) < 4.78 is 22.3. The fourth-order valence-corrected chi connectivity index (χ4v) is 1.22. The molecule has 1 atom stereocenters. The highest BCUT2D eigenvalue weighted by Crippen LogP contribution is 2.11. The quantitative estimate of drug-likeness (QED) is 0.768. The standard InChI is InChI=1S/C12H15FO4/c1-16-12(15)8-10(14)6-7-17-11-4-2-9(13)3-5-11/h2-5,10,14H,6-8H2,1H3. The second kappa shape index (κ2) is 6.85. The van der Waals surface area contributed by atoms with E-state index in [0.29, 0.717) is 12.2 Å². The lowest BCUT2D eigenvalue weighted by molar-refractivity contribution is -0.142. The Bertz CT molecular complexity index is 350. The summed E-state index contributed by atoms with van der Waals surface area (Å²) in [5.41, 5.74) is 0. The number of aliphatic hydroxyl groups excluding tert-OH is 1. The van der Waals surface area contributed by atoms with E-state index >= 15 is 0 Å². The van der Waals surface area contributed by atoms with Crippen LogP contribution in [0.5, 0.6) is 5.75 Å². The largest absolute Gasteiger partial charge is 0.493 e. The van der Waals surface area contributed by atoms with Gasteiger partial charge in [-0.3, -0.25) is 4.79 Å². The molecule has 1 aromatic carbocycles. The van der Waals surface area contributed by atoms with Gasteiger partial charge in [-0.25, -0.2) is 4.39 Å². The number of aliphatic hydroxyl groups is 1. The lowest BCUT2D eigenvalue weighted by atomic mass is 10.2. The number of halogens is 1. The van der Waals surface area contributed by atoms with Gasteiger partial charge in [-0.1, -0.05) is 0 Å². The summed E-state index contributed by atoms with van der Waals surface area (Å²) in [5.74, 6) is -0.265. The number of methoxy groups -OCH3 is 1. The molecule has 1 aromatic rings. The molecule has 0 amide bonds. The van der Waals surface area contributed by atoms with Gasteiger partial charge < -0.3 is 14.6 Å². The molecular weight excluding hydrogens is 227 g/mol. The number of hydrogen-bond donors (Lipinski definition) is 1. The molecule has 0 aliphatic rings. The van der Waals surface area contributed by atoms with Crippen molar-refractivity contribution in [1.82, 2.24) is 0 Å². The SMILES string of the molecule is COC(=O)CC(O)CCOc1ccc(F)cc1. The highest BCUT2D eigenvalue weighted by atomic mass is 19.1. The Balaban J connectivity index is 2.23. The molecule has 1 rings (SSSR count). The van der Waals surface area contributed by atoms with E-state index in [1.807, 2.05) is 0 Å². The third-order valence-electron chi connectivity index (χ3n) is 2.16. The van der Waals surface area contributed by atoms with Crippen molar-refractivity contribution in [1.29, 1.82) is 0 Å². The van der Waals surface area contributed by atoms with Gasteiger partial charge in [0.15, 0.2) is 0 Å². The van der Waals surface area contributed by atoms with E-state index < -0.39 is 12.1 Å². The summed E-state index contributed by atoms with van der Waals surface area (Å²) in [6.45, 7) is 0.254. The maximum absolute atomic E-state index is 12.6. The first-order valence-corrected chi connectivity index (χ1v) is 5.25. The molecule has 1 N–H and O–H groups in total. The maximum atomic E-state index is 12.6. The highest BCUT2D eigenvalue weighted by Gasteiger charge is 2.10. The Morgan fingerprint density at radius 2 is 2.06 bits per heavy atom. The fourth-order valence-electron chi connectivity index (χ4n) is 1.22. The molecule has 1 unspecified atom stereocenters. The molecule has 4 nitrogen and oxygen atoms in total. The number of ether oxygens (including phenoxy) is 2. The van der Waals surface area contributed by atoms with Gasteiger partial charge in [0.05, 0.1) is 26.2 Å². The van der Waals surface area contributed by atoms with Gasteiger partial charge >= 0.3 is 5.97 Å². The second-order valence-corrected chi connectivity index (χ2v) is 3.53. The smallest absolute Gasteiger partial charge is 0.308 e. The molecule has 5 heteroatoms. The van der Waals surface area contributed by atoms with Crippen LogP contribution in [0.15, 0.2) is 24.3 Å². The van der Waals surface area contributed by atoms with Crippen LogP contribution in [0, 0.1) is 5.82 Å². The number of carbonyl (C=O) groups excluding carboxylic acids is 1. The minimum atomic E-state index is -0.789. The van der Waals surface area contributed by atoms with Crippen LogP contribution in [-0.2, 0) is 9.53 Å². The van der Waals surface area contributed by atoms with Gasteiger partial charge in [0.1, 0.15) is 11.6 Å². The molecule has 0 saturated carbocycles. The van der Waals surface area contributed by atoms with E-state index in [-0.39, 0.29) is 18.8 Å². The first-order chi connectivity index (χ1) is 8.11. The summed E-state index contributed by atoms with van der Waals surface area (Å²) in [7, 11) is 1.27. The van der Waals surface area contributed by atoms with Gasteiger partial charge in [0.25, 0.3) is 0 Å². The fraction of sp³-hybridized carbons (Fsp3) is 0.417. The molecular formula is C12H15FO4. The number of rotatable bonds is 6. The van der Waals surface area contributed by atoms with Crippen molar-refractivity contribution in [3.05, 3.63) is 30.1 Å². The zero-order valence-corrected chi connectivity index (χ0v) is 9.56. The molecule has 0 aliphatic heterocycles. The van der Waals surface area contributed by atoms with Gasteiger partial charge in [-0.2, -0.15) is 0 Å². The Morgan fingerprint density at radius 1 is 1.41 bits per heavy atom. The van der Waals surface area contributed by atoms with Crippen LogP contribution in [0.2, 0.25) is 0 Å². The van der Waals surface area contributed by atoms with E-state index in [1.54, 1.807) is 0 Å². The number of benzene rings is 1. The zero-order valence-electron chi connectivity index (χ0n) is 9.56. The van der Waals surface area contributed by atoms with Crippen LogP contribution in [0.25, 0.3) is 0 Å². The lowest BCUT2D eigenvalue weighted by Crippen LogP contribution is -2.17. The van der Waals surface area contributed by atoms with Crippen LogP contribution in [0.1, 0.15) is 12.8 Å². The number of carbonyl (C=O) groups is 1. The molecule has 0 fully saturated rings. The Morgan fingerprint density at radius 3 is 2.65 bits per heavy atom. The minimum Gasteiger partial charge on any atom is -0.493 e. The highest BCUT2D eigenvalue weighted by molar-refractivity contribution is 5.69. The Kier molecular flexibility index (Phi) is 5.42. The summed E-state index contributed by atoms with van der Waals surface area (Å²) in [4.78, 5) is 10.8. The maximum Gasteiger partial charge on any atom is 0.308 e. The minimum absolute atomic E-state index is 0.0523. The average molecular weight is 242 g/mol. The Labute approximate surface area is 99.0 Å². The molecule has 0 spiro atoms. The first kappa shape index (κ1) is 13.4. The van der Waals surface area contributed by atoms with E-state index in [1.165, 1.54) is 31.4 Å². The van der Waals surface area contributed by atoms with E-state index in [0.717, 1.165) is 0 Å². The van der Waals surface area contributed by atoms with Gasteiger partial charge in [0.2, 0.25) is 0 Å². The van der Waals surface area contributed by atoms with Crippen molar-refractivity contribution in [2.24, 2.45) is 0 Å². The summed E-state index contributed by atoms with van der Waals surface area (Å²) >= 11 is 0. The number of hydrogen-bond acceptors (Lipinski definition) is 4. The van der Waals surface area contributed by atoms with E-state index in [2.05, 4.69) is 4.74 Å². The molecule has 0 heterocycles. The van der Waals surface area contributed by atoms with E-state index in [9.17, 15) is 14.3 Å².